The molecule has 3 aliphatic carbocycles. The molecular weight excluding hydrogens is 213 g/mol. The van der Waals surface area contributed by atoms with Crippen molar-refractivity contribution in [3.63, 3.8) is 0 Å². The lowest BCUT2D eigenvalue weighted by Crippen LogP contribution is -2.47. The predicted octanol–water partition coefficient (Wildman–Crippen LogP) is 3.38. The minimum Gasteiger partial charge on any atom is -0.330 e. The van der Waals surface area contributed by atoms with Crippen LogP contribution in [0.1, 0.15) is 44.1 Å². The van der Waals surface area contributed by atoms with E-state index in [-0.39, 0.29) is 11.2 Å². The van der Waals surface area contributed by atoms with Gasteiger partial charge in [-0.1, -0.05) is 12.1 Å². The number of halogens is 1. The van der Waals surface area contributed by atoms with Crippen LogP contribution in [0.5, 0.6) is 0 Å². The Labute approximate surface area is 102 Å². The molecule has 3 fully saturated rings. The number of fused-ring (bicyclic) bond motifs is 3. The summed E-state index contributed by atoms with van der Waals surface area (Å²) in [5, 5.41) is 0. The lowest BCUT2D eigenvalue weighted by Gasteiger charge is -2.53. The van der Waals surface area contributed by atoms with E-state index < -0.39 is 0 Å². The van der Waals surface area contributed by atoms with E-state index in [1.165, 1.54) is 50.2 Å². The van der Waals surface area contributed by atoms with E-state index in [4.69, 9.17) is 5.73 Å². The Morgan fingerprint density at radius 3 is 2.24 bits per heavy atom. The van der Waals surface area contributed by atoms with E-state index in [1.54, 1.807) is 6.07 Å². The van der Waals surface area contributed by atoms with Gasteiger partial charge in [0.2, 0.25) is 0 Å². The topological polar surface area (TPSA) is 26.0 Å². The quantitative estimate of drug-likeness (QED) is 0.832. The van der Waals surface area contributed by atoms with E-state index in [0.717, 1.165) is 6.54 Å². The first-order valence-electron chi connectivity index (χ1n) is 6.64. The zero-order valence-electron chi connectivity index (χ0n) is 10.2. The normalized spacial score (nSPS) is 36.1. The standard InChI is InChI=1S/C15H20FN/c16-13-3-1-2-12(10-13)15-7-4-14(11-17,5-8-15)6-9-15/h1-3,10H,4-9,11,17H2. The molecule has 0 spiro atoms. The first-order valence-corrected chi connectivity index (χ1v) is 6.64. The maximum absolute atomic E-state index is 13.4. The first kappa shape index (κ1) is 11.2. The van der Waals surface area contributed by atoms with Gasteiger partial charge in [0.15, 0.2) is 0 Å². The van der Waals surface area contributed by atoms with Crippen LogP contribution in [-0.2, 0) is 5.41 Å². The maximum Gasteiger partial charge on any atom is 0.123 e. The summed E-state index contributed by atoms with van der Waals surface area (Å²) in [5.74, 6) is -0.0990. The fraction of sp³-hybridized carbons (Fsp3) is 0.600. The Balaban J connectivity index is 1.90. The molecule has 0 saturated heterocycles. The van der Waals surface area contributed by atoms with Gasteiger partial charge in [-0.05, 0) is 73.6 Å². The van der Waals surface area contributed by atoms with Crippen LogP contribution in [0.3, 0.4) is 0 Å². The van der Waals surface area contributed by atoms with Crippen molar-refractivity contribution in [3.05, 3.63) is 35.6 Å². The fourth-order valence-electron chi connectivity index (χ4n) is 3.82. The van der Waals surface area contributed by atoms with Gasteiger partial charge in [0.05, 0.1) is 0 Å². The maximum atomic E-state index is 13.4. The van der Waals surface area contributed by atoms with Crippen LogP contribution in [0.25, 0.3) is 0 Å². The first-order chi connectivity index (χ1) is 8.18. The minimum absolute atomic E-state index is 0.0990. The van der Waals surface area contributed by atoms with Gasteiger partial charge < -0.3 is 5.73 Å². The number of rotatable bonds is 2. The van der Waals surface area contributed by atoms with Crippen molar-refractivity contribution in [2.24, 2.45) is 11.1 Å². The van der Waals surface area contributed by atoms with Crippen LogP contribution < -0.4 is 5.73 Å². The summed E-state index contributed by atoms with van der Waals surface area (Å²) < 4.78 is 13.4. The van der Waals surface area contributed by atoms with E-state index in [1.807, 2.05) is 6.07 Å². The van der Waals surface area contributed by atoms with Gasteiger partial charge in [-0.25, -0.2) is 4.39 Å². The molecule has 3 saturated carbocycles. The number of hydrogen-bond acceptors (Lipinski definition) is 1. The number of nitrogens with two attached hydrogens (primary N) is 1. The third kappa shape index (κ3) is 1.70. The van der Waals surface area contributed by atoms with Crippen molar-refractivity contribution in [1.82, 2.24) is 0 Å². The molecule has 1 aromatic carbocycles. The molecule has 0 radical (unpaired) electrons. The van der Waals surface area contributed by atoms with Crippen molar-refractivity contribution in [2.45, 2.75) is 43.9 Å². The second-order valence-electron chi connectivity index (χ2n) is 5.99. The third-order valence-corrected chi connectivity index (χ3v) is 5.27. The Morgan fingerprint density at radius 1 is 1.06 bits per heavy atom. The summed E-state index contributed by atoms with van der Waals surface area (Å²) in [6.45, 7) is 0.826. The Morgan fingerprint density at radius 2 is 1.71 bits per heavy atom. The number of benzene rings is 1. The van der Waals surface area contributed by atoms with Gasteiger partial charge in [0, 0.05) is 0 Å². The van der Waals surface area contributed by atoms with E-state index >= 15 is 0 Å². The highest BCUT2D eigenvalue weighted by Gasteiger charge is 2.48. The van der Waals surface area contributed by atoms with E-state index in [2.05, 4.69) is 6.07 Å². The van der Waals surface area contributed by atoms with Crippen LogP contribution in [0, 0.1) is 11.2 Å². The Bertz CT molecular complexity index is 402. The summed E-state index contributed by atoms with van der Waals surface area (Å²) in [4.78, 5) is 0. The summed E-state index contributed by atoms with van der Waals surface area (Å²) in [7, 11) is 0. The molecule has 0 aliphatic heterocycles. The van der Waals surface area contributed by atoms with Crippen molar-refractivity contribution in [3.8, 4) is 0 Å². The molecule has 1 aromatic rings. The van der Waals surface area contributed by atoms with Crippen molar-refractivity contribution >= 4 is 0 Å². The molecule has 2 heteroatoms. The minimum atomic E-state index is -0.0990. The smallest absolute Gasteiger partial charge is 0.123 e. The molecule has 0 atom stereocenters. The largest absolute Gasteiger partial charge is 0.330 e. The van der Waals surface area contributed by atoms with Crippen LogP contribution in [0.4, 0.5) is 4.39 Å². The van der Waals surface area contributed by atoms with Crippen LogP contribution in [0.15, 0.2) is 24.3 Å². The second-order valence-corrected chi connectivity index (χ2v) is 5.99. The molecule has 0 heterocycles. The molecule has 1 nitrogen and oxygen atoms in total. The second kappa shape index (κ2) is 3.81. The zero-order valence-corrected chi connectivity index (χ0v) is 10.2. The Kier molecular flexibility index (Phi) is 2.51. The Hall–Kier alpha value is -0.890. The highest BCUT2D eigenvalue weighted by molar-refractivity contribution is 5.29. The molecule has 0 unspecified atom stereocenters. The average Bonchev–Trinajstić information content (AvgIpc) is 2.41. The molecule has 2 N–H and O–H groups in total. The van der Waals surface area contributed by atoms with Gasteiger partial charge in [0.25, 0.3) is 0 Å². The van der Waals surface area contributed by atoms with Crippen molar-refractivity contribution < 1.29 is 4.39 Å². The van der Waals surface area contributed by atoms with E-state index in [0.29, 0.717) is 5.41 Å². The van der Waals surface area contributed by atoms with Crippen LogP contribution in [0.2, 0.25) is 0 Å². The van der Waals surface area contributed by atoms with Gasteiger partial charge in [0.1, 0.15) is 5.82 Å². The molecule has 4 rings (SSSR count). The lowest BCUT2D eigenvalue weighted by atomic mass is 9.52. The molecule has 3 aliphatic rings. The van der Waals surface area contributed by atoms with Crippen molar-refractivity contribution in [1.29, 1.82) is 0 Å². The summed E-state index contributed by atoms with van der Waals surface area (Å²) >= 11 is 0. The molecule has 0 aromatic heterocycles. The van der Waals surface area contributed by atoms with Crippen LogP contribution >= 0.6 is 0 Å². The van der Waals surface area contributed by atoms with Crippen molar-refractivity contribution in [2.75, 3.05) is 6.54 Å². The van der Waals surface area contributed by atoms with Gasteiger partial charge in [-0.2, -0.15) is 0 Å². The van der Waals surface area contributed by atoms with Crippen LogP contribution in [-0.4, -0.2) is 6.54 Å². The average molecular weight is 233 g/mol. The third-order valence-electron chi connectivity index (χ3n) is 5.27. The van der Waals surface area contributed by atoms with E-state index in [9.17, 15) is 4.39 Å². The lowest BCUT2D eigenvalue weighted by molar-refractivity contribution is 0.0470. The predicted molar refractivity (Wildman–Crippen MR) is 67.3 cm³/mol. The highest BCUT2D eigenvalue weighted by Crippen LogP contribution is 2.57. The summed E-state index contributed by atoms with van der Waals surface area (Å²) in [5.41, 5.74) is 7.79. The monoisotopic (exact) mass is 233 g/mol. The summed E-state index contributed by atoms with van der Waals surface area (Å²) in [6, 6.07) is 7.22. The van der Waals surface area contributed by atoms with Gasteiger partial charge in [-0.3, -0.25) is 0 Å². The molecule has 0 amide bonds. The summed E-state index contributed by atoms with van der Waals surface area (Å²) in [6.07, 6.45) is 7.23. The molecule has 17 heavy (non-hydrogen) atoms. The fourth-order valence-corrected chi connectivity index (χ4v) is 3.82. The molecule has 92 valence electrons. The zero-order chi connectivity index (χ0) is 11.9. The molecular formula is C15H20FN. The number of hydrogen-bond donors (Lipinski definition) is 1. The van der Waals surface area contributed by atoms with Gasteiger partial charge >= 0.3 is 0 Å². The highest BCUT2D eigenvalue weighted by atomic mass is 19.1. The van der Waals surface area contributed by atoms with Gasteiger partial charge in [-0.15, -0.1) is 0 Å². The molecule has 2 bridgehead atoms. The SMILES string of the molecule is NCC12CCC(c3cccc(F)c3)(CC1)CC2.